The summed E-state index contributed by atoms with van der Waals surface area (Å²) in [6, 6.07) is 9.70. The van der Waals surface area contributed by atoms with Crippen molar-refractivity contribution in [2.45, 2.75) is 11.7 Å². The molecule has 0 atom stereocenters. The Morgan fingerprint density at radius 3 is 2.57 bits per heavy atom. The van der Waals surface area contributed by atoms with Crippen LogP contribution in [0.3, 0.4) is 0 Å². The second-order valence-corrected chi connectivity index (χ2v) is 6.71. The first-order valence-corrected chi connectivity index (χ1v) is 9.31. The smallest absolute Gasteiger partial charge is 0.192 e. The Bertz CT molecular complexity index is 1000. The number of ketones is 1. The average Bonchev–Trinajstić information content (AvgIpc) is 3.09. The molecule has 28 heavy (non-hydrogen) atoms. The van der Waals surface area contributed by atoms with Crippen LogP contribution in [0.1, 0.15) is 10.4 Å². The van der Waals surface area contributed by atoms with E-state index in [9.17, 15) is 13.6 Å². The molecule has 0 unspecified atom stereocenters. The predicted molar refractivity (Wildman–Crippen MR) is 104 cm³/mol. The third-order valence-electron chi connectivity index (χ3n) is 3.93. The number of halogens is 2. The molecule has 2 aromatic carbocycles. The number of allylic oxidation sites excluding steroid dienone is 1. The molecule has 144 valence electrons. The van der Waals surface area contributed by atoms with E-state index in [2.05, 4.69) is 16.8 Å². The molecular weight excluding hydrogens is 384 g/mol. The minimum absolute atomic E-state index is 0.0263. The second kappa shape index (κ2) is 8.79. The van der Waals surface area contributed by atoms with Crippen molar-refractivity contribution in [1.29, 1.82) is 0 Å². The number of ether oxygens (including phenoxy) is 1. The first kappa shape index (κ1) is 19.8. The molecule has 1 aromatic heterocycles. The minimum Gasteiger partial charge on any atom is -0.496 e. The summed E-state index contributed by atoms with van der Waals surface area (Å²) in [4.78, 5) is 12.5. The maximum absolute atomic E-state index is 13.5. The van der Waals surface area contributed by atoms with Gasteiger partial charge in [0, 0.05) is 12.1 Å². The molecule has 0 N–H and O–H groups in total. The molecule has 0 aliphatic heterocycles. The molecule has 0 fully saturated rings. The highest BCUT2D eigenvalue weighted by atomic mass is 32.2. The van der Waals surface area contributed by atoms with Gasteiger partial charge in [0.05, 0.1) is 18.4 Å². The quantitative estimate of drug-likeness (QED) is 0.318. The standard InChI is InChI=1S/C20H17F2N3O2S/c1-3-10-25-19(13-4-6-14(21)7-5-13)23-24-20(25)28-12-17(26)16-11-15(22)8-9-18(16)27-2/h3-9,11H,1,10,12H2,2H3. The van der Waals surface area contributed by atoms with Crippen LogP contribution in [-0.4, -0.2) is 33.4 Å². The number of methoxy groups -OCH3 is 1. The van der Waals surface area contributed by atoms with Gasteiger partial charge in [-0.25, -0.2) is 8.78 Å². The number of nitrogens with zero attached hydrogens (tertiary/aromatic N) is 3. The lowest BCUT2D eigenvalue weighted by atomic mass is 10.1. The molecular formula is C20H17F2N3O2S. The van der Waals surface area contributed by atoms with Gasteiger partial charge in [0.15, 0.2) is 16.8 Å². The highest BCUT2D eigenvalue weighted by molar-refractivity contribution is 7.99. The third kappa shape index (κ3) is 4.28. The fraction of sp³-hybridized carbons (Fsp3) is 0.150. The Kier molecular flexibility index (Phi) is 6.20. The molecule has 0 saturated carbocycles. The number of Topliss-reactive ketones (excluding diaryl/α,β-unsaturated/α-hetero) is 1. The number of carbonyl (C=O) groups excluding carboxylic acids is 1. The van der Waals surface area contributed by atoms with Gasteiger partial charge < -0.3 is 4.74 Å². The minimum atomic E-state index is -0.512. The summed E-state index contributed by atoms with van der Waals surface area (Å²) in [5.41, 5.74) is 0.865. The van der Waals surface area contributed by atoms with Crippen LogP contribution in [0.2, 0.25) is 0 Å². The maximum Gasteiger partial charge on any atom is 0.192 e. The zero-order chi connectivity index (χ0) is 20.1. The Hall–Kier alpha value is -3.00. The van der Waals surface area contributed by atoms with Crippen molar-refractivity contribution in [3.05, 3.63) is 72.3 Å². The number of hydrogen-bond acceptors (Lipinski definition) is 5. The van der Waals surface area contributed by atoms with Gasteiger partial charge in [-0.15, -0.1) is 16.8 Å². The molecule has 8 heteroatoms. The lowest BCUT2D eigenvalue weighted by Gasteiger charge is -2.09. The zero-order valence-corrected chi connectivity index (χ0v) is 15.9. The van der Waals surface area contributed by atoms with Crippen LogP contribution in [0, 0.1) is 11.6 Å². The van der Waals surface area contributed by atoms with E-state index < -0.39 is 5.82 Å². The van der Waals surface area contributed by atoms with Crippen molar-refractivity contribution in [3.8, 4) is 17.1 Å². The number of thioether (sulfide) groups is 1. The number of benzene rings is 2. The van der Waals surface area contributed by atoms with E-state index in [4.69, 9.17) is 4.74 Å². The van der Waals surface area contributed by atoms with Crippen LogP contribution >= 0.6 is 11.8 Å². The molecule has 0 aliphatic carbocycles. The van der Waals surface area contributed by atoms with Crippen LogP contribution in [0.15, 0.2) is 60.3 Å². The van der Waals surface area contributed by atoms with Gasteiger partial charge in [0.2, 0.25) is 0 Å². The number of rotatable bonds is 8. The summed E-state index contributed by atoms with van der Waals surface area (Å²) in [6.07, 6.45) is 1.68. The van der Waals surface area contributed by atoms with Gasteiger partial charge >= 0.3 is 0 Å². The number of carbonyl (C=O) groups is 1. The molecule has 3 rings (SSSR count). The van der Waals surface area contributed by atoms with E-state index in [1.54, 1.807) is 22.8 Å². The Labute approximate surface area is 165 Å². The lowest BCUT2D eigenvalue weighted by molar-refractivity contribution is 0.101. The summed E-state index contributed by atoms with van der Waals surface area (Å²) < 4.78 is 33.6. The molecule has 1 heterocycles. The molecule has 0 amide bonds. The first-order chi connectivity index (χ1) is 13.5. The van der Waals surface area contributed by atoms with Crippen molar-refractivity contribution in [3.63, 3.8) is 0 Å². The molecule has 0 aliphatic rings. The van der Waals surface area contributed by atoms with Gasteiger partial charge in [-0.3, -0.25) is 9.36 Å². The zero-order valence-electron chi connectivity index (χ0n) is 15.1. The van der Waals surface area contributed by atoms with E-state index in [1.165, 1.54) is 43.1 Å². The molecule has 0 spiro atoms. The van der Waals surface area contributed by atoms with E-state index in [0.29, 0.717) is 28.8 Å². The Morgan fingerprint density at radius 1 is 1.18 bits per heavy atom. The molecule has 0 radical (unpaired) electrons. The largest absolute Gasteiger partial charge is 0.496 e. The van der Waals surface area contributed by atoms with E-state index in [-0.39, 0.29) is 22.9 Å². The fourth-order valence-electron chi connectivity index (χ4n) is 2.61. The third-order valence-corrected chi connectivity index (χ3v) is 4.89. The average molecular weight is 401 g/mol. The van der Waals surface area contributed by atoms with Crippen molar-refractivity contribution >= 4 is 17.5 Å². The fourth-order valence-corrected chi connectivity index (χ4v) is 3.44. The highest BCUT2D eigenvalue weighted by Crippen LogP contribution is 2.27. The van der Waals surface area contributed by atoms with Crippen LogP contribution in [0.4, 0.5) is 8.78 Å². The molecule has 5 nitrogen and oxygen atoms in total. The molecule has 3 aromatic rings. The van der Waals surface area contributed by atoms with Crippen molar-refractivity contribution in [1.82, 2.24) is 14.8 Å². The van der Waals surface area contributed by atoms with Gasteiger partial charge in [0.1, 0.15) is 17.4 Å². The van der Waals surface area contributed by atoms with Gasteiger partial charge in [0.25, 0.3) is 0 Å². The first-order valence-electron chi connectivity index (χ1n) is 8.33. The maximum atomic E-state index is 13.5. The summed E-state index contributed by atoms with van der Waals surface area (Å²) in [5.74, 6) is -0.272. The number of aromatic nitrogens is 3. The normalized spacial score (nSPS) is 10.7. The van der Waals surface area contributed by atoms with Crippen LogP contribution < -0.4 is 4.74 Å². The summed E-state index contributed by atoms with van der Waals surface area (Å²) in [6.45, 7) is 4.15. The monoisotopic (exact) mass is 401 g/mol. The Morgan fingerprint density at radius 2 is 1.89 bits per heavy atom. The Balaban J connectivity index is 1.83. The van der Waals surface area contributed by atoms with Crippen LogP contribution in [0.25, 0.3) is 11.4 Å². The predicted octanol–water partition coefficient (Wildman–Crippen LogP) is 4.39. The molecule has 0 bridgehead atoms. The molecule has 0 saturated heterocycles. The summed E-state index contributed by atoms with van der Waals surface area (Å²) in [5, 5.41) is 8.80. The SMILES string of the molecule is C=CCn1c(SCC(=O)c2cc(F)ccc2OC)nnc1-c1ccc(F)cc1. The van der Waals surface area contributed by atoms with Gasteiger partial charge in [-0.05, 0) is 42.5 Å². The van der Waals surface area contributed by atoms with E-state index in [1.807, 2.05) is 0 Å². The highest BCUT2D eigenvalue weighted by Gasteiger charge is 2.18. The van der Waals surface area contributed by atoms with Gasteiger partial charge in [-0.2, -0.15) is 0 Å². The summed E-state index contributed by atoms with van der Waals surface area (Å²) in [7, 11) is 1.42. The van der Waals surface area contributed by atoms with Crippen LogP contribution in [0.5, 0.6) is 5.75 Å². The second-order valence-electron chi connectivity index (χ2n) is 5.77. The van der Waals surface area contributed by atoms with Gasteiger partial charge in [-0.1, -0.05) is 17.8 Å². The van der Waals surface area contributed by atoms with Crippen LogP contribution in [-0.2, 0) is 6.54 Å². The van der Waals surface area contributed by atoms with Crippen molar-refractivity contribution in [2.75, 3.05) is 12.9 Å². The topological polar surface area (TPSA) is 57.0 Å². The van der Waals surface area contributed by atoms with E-state index >= 15 is 0 Å². The van der Waals surface area contributed by atoms with Crippen molar-refractivity contribution < 1.29 is 18.3 Å². The summed E-state index contributed by atoms with van der Waals surface area (Å²) >= 11 is 1.17. The lowest BCUT2D eigenvalue weighted by Crippen LogP contribution is -2.07. The van der Waals surface area contributed by atoms with Crippen molar-refractivity contribution in [2.24, 2.45) is 0 Å². The van der Waals surface area contributed by atoms with E-state index in [0.717, 1.165) is 6.07 Å². The number of hydrogen-bond donors (Lipinski definition) is 0.